The maximum absolute atomic E-state index is 13.4. The molecule has 2 aliphatic rings. The van der Waals surface area contributed by atoms with Crippen molar-refractivity contribution in [1.82, 2.24) is 0 Å². The summed E-state index contributed by atoms with van der Waals surface area (Å²) in [5, 5.41) is 11.1. The summed E-state index contributed by atoms with van der Waals surface area (Å²) in [4.78, 5) is 0. The quantitative estimate of drug-likeness (QED) is 0.861. The van der Waals surface area contributed by atoms with Gasteiger partial charge in [0.1, 0.15) is 5.82 Å². The zero-order valence-electron chi connectivity index (χ0n) is 10.9. The van der Waals surface area contributed by atoms with Crippen LogP contribution in [0.2, 0.25) is 0 Å². The highest BCUT2D eigenvalue weighted by molar-refractivity contribution is 5.25. The van der Waals surface area contributed by atoms with Gasteiger partial charge in [0, 0.05) is 0 Å². The zero-order chi connectivity index (χ0) is 12.8. The van der Waals surface area contributed by atoms with Crippen molar-refractivity contribution < 1.29 is 9.50 Å². The van der Waals surface area contributed by atoms with Crippen molar-refractivity contribution in [2.75, 3.05) is 0 Å². The molecule has 0 spiro atoms. The first-order valence-electron chi connectivity index (χ1n) is 7.12. The minimum atomic E-state index is -0.831. The third-order valence-electron chi connectivity index (χ3n) is 5.22. The lowest BCUT2D eigenvalue weighted by Crippen LogP contribution is -2.37. The third kappa shape index (κ3) is 1.78. The average Bonchev–Trinajstić information content (AvgIpc) is 3.00. The van der Waals surface area contributed by atoms with Gasteiger partial charge in [0.05, 0.1) is 5.60 Å². The molecular weight excluding hydrogens is 227 g/mol. The Balaban J connectivity index is 1.94. The molecular formula is C16H21FO. The minimum absolute atomic E-state index is 0.248. The van der Waals surface area contributed by atoms with Gasteiger partial charge in [0.15, 0.2) is 0 Å². The molecule has 0 radical (unpaired) electrons. The molecule has 0 saturated heterocycles. The molecule has 2 heteroatoms. The van der Waals surface area contributed by atoms with E-state index < -0.39 is 5.60 Å². The van der Waals surface area contributed by atoms with Crippen LogP contribution in [0.3, 0.4) is 0 Å². The van der Waals surface area contributed by atoms with E-state index in [1.807, 2.05) is 13.0 Å². The summed E-state index contributed by atoms with van der Waals surface area (Å²) in [6, 6.07) is 6.53. The van der Waals surface area contributed by atoms with Gasteiger partial charge in [-0.25, -0.2) is 4.39 Å². The zero-order valence-corrected chi connectivity index (χ0v) is 10.9. The molecule has 4 unspecified atom stereocenters. The van der Waals surface area contributed by atoms with Crippen molar-refractivity contribution in [3.8, 4) is 0 Å². The molecule has 2 fully saturated rings. The Hall–Kier alpha value is -0.890. The number of halogens is 1. The highest BCUT2D eigenvalue weighted by Gasteiger charge is 2.49. The number of benzene rings is 1. The lowest BCUT2D eigenvalue weighted by Gasteiger charge is -2.38. The fourth-order valence-electron chi connectivity index (χ4n) is 4.27. The summed E-state index contributed by atoms with van der Waals surface area (Å²) in [5.74, 6) is 1.51. The van der Waals surface area contributed by atoms with Crippen LogP contribution in [0.15, 0.2) is 24.3 Å². The lowest BCUT2D eigenvalue weighted by atomic mass is 9.71. The molecule has 0 aliphatic heterocycles. The van der Waals surface area contributed by atoms with Crippen molar-refractivity contribution in [2.24, 2.45) is 17.8 Å². The molecule has 18 heavy (non-hydrogen) atoms. The predicted octanol–water partition coefficient (Wildman–Crippen LogP) is 3.86. The van der Waals surface area contributed by atoms with Gasteiger partial charge >= 0.3 is 0 Å². The van der Waals surface area contributed by atoms with Crippen LogP contribution in [-0.2, 0) is 5.60 Å². The van der Waals surface area contributed by atoms with Crippen LogP contribution in [0.25, 0.3) is 0 Å². The van der Waals surface area contributed by atoms with Crippen molar-refractivity contribution >= 4 is 0 Å². The lowest BCUT2D eigenvalue weighted by molar-refractivity contribution is -0.0500. The molecule has 2 aliphatic carbocycles. The molecule has 1 nitrogen and oxygen atoms in total. The summed E-state index contributed by atoms with van der Waals surface area (Å²) in [5.41, 5.74) is -0.0652. The van der Waals surface area contributed by atoms with E-state index in [0.717, 1.165) is 17.9 Å². The second-order valence-electron chi connectivity index (χ2n) is 6.07. The van der Waals surface area contributed by atoms with Crippen LogP contribution >= 0.6 is 0 Å². The smallest absolute Gasteiger partial charge is 0.123 e. The maximum atomic E-state index is 13.4. The molecule has 0 heterocycles. The minimum Gasteiger partial charge on any atom is -0.385 e. The molecule has 1 aromatic rings. The fourth-order valence-corrected chi connectivity index (χ4v) is 4.27. The van der Waals surface area contributed by atoms with Crippen molar-refractivity contribution in [1.29, 1.82) is 0 Å². The second-order valence-corrected chi connectivity index (χ2v) is 6.07. The number of fused-ring (bicyclic) bond motifs is 2. The van der Waals surface area contributed by atoms with E-state index in [9.17, 15) is 9.50 Å². The summed E-state index contributed by atoms with van der Waals surface area (Å²) < 4.78 is 13.4. The van der Waals surface area contributed by atoms with Crippen LogP contribution < -0.4 is 0 Å². The Morgan fingerprint density at radius 1 is 1.33 bits per heavy atom. The van der Waals surface area contributed by atoms with Gasteiger partial charge in [0.25, 0.3) is 0 Å². The molecule has 0 amide bonds. The van der Waals surface area contributed by atoms with E-state index >= 15 is 0 Å². The molecule has 1 N–H and O–H groups in total. The molecule has 3 rings (SSSR count). The molecule has 0 aromatic heterocycles. The Bertz CT molecular complexity index is 444. The summed E-state index contributed by atoms with van der Waals surface area (Å²) in [7, 11) is 0. The molecule has 2 saturated carbocycles. The predicted molar refractivity (Wildman–Crippen MR) is 69.5 cm³/mol. The van der Waals surface area contributed by atoms with Gasteiger partial charge in [-0.3, -0.25) is 0 Å². The number of hydrogen-bond donors (Lipinski definition) is 1. The Labute approximate surface area is 108 Å². The Morgan fingerprint density at radius 2 is 2.17 bits per heavy atom. The van der Waals surface area contributed by atoms with Gasteiger partial charge in [-0.15, -0.1) is 0 Å². The monoisotopic (exact) mass is 248 g/mol. The van der Waals surface area contributed by atoms with Gasteiger partial charge in [0.2, 0.25) is 0 Å². The van der Waals surface area contributed by atoms with Crippen LogP contribution in [0, 0.1) is 23.6 Å². The average molecular weight is 248 g/mol. The van der Waals surface area contributed by atoms with Crippen LogP contribution in [0.5, 0.6) is 0 Å². The van der Waals surface area contributed by atoms with Crippen LogP contribution in [0.1, 0.15) is 44.6 Å². The highest BCUT2D eigenvalue weighted by Crippen LogP contribution is 2.55. The topological polar surface area (TPSA) is 20.2 Å². The summed E-state index contributed by atoms with van der Waals surface area (Å²) >= 11 is 0. The first-order valence-corrected chi connectivity index (χ1v) is 7.12. The largest absolute Gasteiger partial charge is 0.385 e. The number of hydrogen-bond acceptors (Lipinski definition) is 1. The highest BCUT2D eigenvalue weighted by atomic mass is 19.1. The van der Waals surface area contributed by atoms with Crippen molar-refractivity contribution in [3.05, 3.63) is 35.6 Å². The number of rotatable bonds is 3. The van der Waals surface area contributed by atoms with Crippen LogP contribution in [-0.4, -0.2) is 5.11 Å². The molecule has 1 aromatic carbocycles. The normalized spacial score (nSPS) is 33.6. The van der Waals surface area contributed by atoms with Gasteiger partial charge in [-0.05, 0) is 61.1 Å². The van der Waals surface area contributed by atoms with E-state index in [4.69, 9.17) is 0 Å². The van der Waals surface area contributed by atoms with Gasteiger partial charge in [-0.2, -0.15) is 0 Å². The van der Waals surface area contributed by atoms with E-state index in [2.05, 4.69) is 0 Å². The molecule has 4 atom stereocenters. The first kappa shape index (κ1) is 12.2. The van der Waals surface area contributed by atoms with Crippen LogP contribution in [0.4, 0.5) is 4.39 Å². The van der Waals surface area contributed by atoms with Gasteiger partial charge in [-0.1, -0.05) is 25.5 Å². The van der Waals surface area contributed by atoms with Gasteiger partial charge < -0.3 is 5.11 Å². The SMILES string of the molecule is CCC(O)(c1cccc(F)c1)C1CC2CCC1C2. The van der Waals surface area contributed by atoms with E-state index in [0.29, 0.717) is 18.3 Å². The first-order chi connectivity index (χ1) is 8.63. The van der Waals surface area contributed by atoms with Crippen molar-refractivity contribution in [3.63, 3.8) is 0 Å². The Morgan fingerprint density at radius 3 is 2.72 bits per heavy atom. The molecule has 2 bridgehead atoms. The van der Waals surface area contributed by atoms with E-state index in [1.54, 1.807) is 6.07 Å². The summed E-state index contributed by atoms with van der Waals surface area (Å²) in [6.07, 6.45) is 5.62. The molecule has 98 valence electrons. The number of aliphatic hydroxyl groups is 1. The third-order valence-corrected chi connectivity index (χ3v) is 5.22. The van der Waals surface area contributed by atoms with Crippen molar-refractivity contribution in [2.45, 2.75) is 44.6 Å². The fraction of sp³-hybridized carbons (Fsp3) is 0.625. The Kier molecular flexibility index (Phi) is 2.93. The van der Waals surface area contributed by atoms with E-state index in [1.165, 1.54) is 31.4 Å². The standard InChI is InChI=1S/C16H21FO/c1-2-16(18,13-4-3-5-14(17)10-13)15-9-11-6-7-12(15)8-11/h3-5,10-12,15,18H,2,6-9H2,1H3. The summed E-state index contributed by atoms with van der Waals surface area (Å²) in [6.45, 7) is 2.01. The van der Waals surface area contributed by atoms with E-state index in [-0.39, 0.29) is 5.82 Å². The maximum Gasteiger partial charge on any atom is 0.123 e. The second kappa shape index (κ2) is 4.34.